The standard InChI is InChI=1S/C14H16ClN3O2/c15-6-8-18-14(20)12(9-16)10-17-7-5-11-1-3-13(19)4-2-11/h1-4,10,17,19H,5-8H2,(H,18,20)/b12-10-. The molecule has 20 heavy (non-hydrogen) atoms. The first-order chi connectivity index (χ1) is 9.67. The summed E-state index contributed by atoms with van der Waals surface area (Å²) in [5.41, 5.74) is 1.06. The predicted octanol–water partition coefficient (Wildman–Crippen LogP) is 1.29. The number of amides is 1. The van der Waals surface area contributed by atoms with Gasteiger partial charge in [-0.1, -0.05) is 12.1 Å². The van der Waals surface area contributed by atoms with Crippen LogP contribution in [0.3, 0.4) is 0 Å². The number of halogens is 1. The number of aromatic hydroxyl groups is 1. The van der Waals surface area contributed by atoms with E-state index in [4.69, 9.17) is 22.0 Å². The summed E-state index contributed by atoms with van der Waals surface area (Å²) in [5.74, 6) is 0.0910. The molecule has 106 valence electrons. The summed E-state index contributed by atoms with van der Waals surface area (Å²) in [6.07, 6.45) is 2.11. The predicted molar refractivity (Wildman–Crippen MR) is 77.2 cm³/mol. The van der Waals surface area contributed by atoms with Crippen molar-refractivity contribution < 1.29 is 9.90 Å². The lowest BCUT2D eigenvalue weighted by atomic mass is 10.1. The highest BCUT2D eigenvalue weighted by Crippen LogP contribution is 2.09. The van der Waals surface area contributed by atoms with Crippen molar-refractivity contribution in [2.75, 3.05) is 19.0 Å². The quantitative estimate of drug-likeness (QED) is 0.306. The van der Waals surface area contributed by atoms with E-state index in [2.05, 4.69) is 10.6 Å². The Balaban J connectivity index is 2.40. The number of nitriles is 1. The zero-order valence-corrected chi connectivity index (χ0v) is 11.7. The molecule has 0 spiro atoms. The Bertz CT molecular complexity index is 506. The van der Waals surface area contributed by atoms with Crippen LogP contribution in [0.4, 0.5) is 0 Å². The molecule has 0 heterocycles. The number of phenolic OH excluding ortho intramolecular Hbond substituents is 1. The van der Waals surface area contributed by atoms with E-state index in [-0.39, 0.29) is 11.3 Å². The third-order valence-corrected chi connectivity index (χ3v) is 2.67. The molecule has 0 aromatic heterocycles. The summed E-state index contributed by atoms with van der Waals surface area (Å²) in [4.78, 5) is 11.5. The molecule has 0 radical (unpaired) electrons. The van der Waals surface area contributed by atoms with Crippen LogP contribution in [0.15, 0.2) is 36.0 Å². The summed E-state index contributed by atoms with van der Waals surface area (Å²) in [6.45, 7) is 0.908. The molecule has 3 N–H and O–H groups in total. The largest absolute Gasteiger partial charge is 0.508 e. The van der Waals surface area contributed by atoms with E-state index >= 15 is 0 Å². The van der Waals surface area contributed by atoms with Crippen molar-refractivity contribution in [1.82, 2.24) is 10.6 Å². The SMILES string of the molecule is N#C/C(=C/NCCc1ccc(O)cc1)C(=O)NCCCl. The fraction of sp³-hybridized carbons (Fsp3) is 0.286. The average molecular weight is 294 g/mol. The first-order valence-corrected chi connectivity index (χ1v) is 6.66. The van der Waals surface area contributed by atoms with Crippen LogP contribution >= 0.6 is 11.6 Å². The van der Waals surface area contributed by atoms with Gasteiger partial charge < -0.3 is 15.7 Å². The van der Waals surface area contributed by atoms with Gasteiger partial charge in [-0.2, -0.15) is 5.26 Å². The Labute approximate surface area is 122 Å². The van der Waals surface area contributed by atoms with E-state index in [9.17, 15) is 4.79 Å². The number of nitrogens with zero attached hydrogens (tertiary/aromatic N) is 1. The zero-order chi connectivity index (χ0) is 14.8. The van der Waals surface area contributed by atoms with Crippen LogP contribution in [0.25, 0.3) is 0 Å². The van der Waals surface area contributed by atoms with Crippen molar-refractivity contribution in [2.24, 2.45) is 0 Å². The smallest absolute Gasteiger partial charge is 0.263 e. The topological polar surface area (TPSA) is 85.2 Å². The summed E-state index contributed by atoms with van der Waals surface area (Å²) >= 11 is 5.45. The number of alkyl halides is 1. The summed E-state index contributed by atoms with van der Waals surface area (Å²) in [7, 11) is 0. The van der Waals surface area contributed by atoms with Gasteiger partial charge in [-0.3, -0.25) is 4.79 Å². The number of benzene rings is 1. The van der Waals surface area contributed by atoms with E-state index in [1.807, 2.05) is 18.2 Å². The highest BCUT2D eigenvalue weighted by atomic mass is 35.5. The van der Waals surface area contributed by atoms with Crippen LogP contribution in [0, 0.1) is 11.3 Å². The molecule has 1 aromatic carbocycles. The Morgan fingerprint density at radius 2 is 2.05 bits per heavy atom. The highest BCUT2D eigenvalue weighted by molar-refractivity contribution is 6.18. The second-order valence-corrected chi connectivity index (χ2v) is 4.36. The Morgan fingerprint density at radius 1 is 1.35 bits per heavy atom. The number of nitrogens with one attached hydrogen (secondary N) is 2. The van der Waals surface area contributed by atoms with E-state index < -0.39 is 5.91 Å². The van der Waals surface area contributed by atoms with Gasteiger partial charge in [0.15, 0.2) is 0 Å². The lowest BCUT2D eigenvalue weighted by molar-refractivity contribution is -0.117. The lowest BCUT2D eigenvalue weighted by Crippen LogP contribution is -2.27. The fourth-order valence-electron chi connectivity index (χ4n) is 1.46. The molecule has 1 aromatic rings. The van der Waals surface area contributed by atoms with Gasteiger partial charge in [-0.05, 0) is 24.1 Å². The van der Waals surface area contributed by atoms with E-state index in [1.54, 1.807) is 12.1 Å². The van der Waals surface area contributed by atoms with Gasteiger partial charge >= 0.3 is 0 Å². The molecule has 1 rings (SSSR count). The molecular weight excluding hydrogens is 278 g/mol. The van der Waals surface area contributed by atoms with Crippen LogP contribution in [0.2, 0.25) is 0 Å². The normalized spacial score (nSPS) is 10.7. The van der Waals surface area contributed by atoms with Crippen molar-refractivity contribution in [3.63, 3.8) is 0 Å². The molecule has 0 saturated carbocycles. The van der Waals surface area contributed by atoms with Gasteiger partial charge in [0.05, 0.1) is 0 Å². The highest BCUT2D eigenvalue weighted by Gasteiger charge is 2.06. The molecule has 5 nitrogen and oxygen atoms in total. The minimum Gasteiger partial charge on any atom is -0.508 e. The number of carbonyl (C=O) groups excluding carboxylic acids is 1. The Hall–Kier alpha value is -2.19. The lowest BCUT2D eigenvalue weighted by Gasteiger charge is -2.04. The first kappa shape index (κ1) is 15.9. The molecular formula is C14H16ClN3O2. The van der Waals surface area contributed by atoms with E-state index in [1.165, 1.54) is 6.20 Å². The third kappa shape index (κ3) is 5.63. The van der Waals surface area contributed by atoms with Gasteiger partial charge in [-0.15, -0.1) is 11.6 Å². The minimum absolute atomic E-state index is 0.0147. The van der Waals surface area contributed by atoms with Gasteiger partial charge in [0.25, 0.3) is 5.91 Å². The van der Waals surface area contributed by atoms with Crippen molar-refractivity contribution in [2.45, 2.75) is 6.42 Å². The second kappa shape index (κ2) is 8.83. The van der Waals surface area contributed by atoms with Crippen molar-refractivity contribution in [1.29, 1.82) is 5.26 Å². The average Bonchev–Trinajstić information content (AvgIpc) is 2.46. The number of hydrogen-bond donors (Lipinski definition) is 3. The first-order valence-electron chi connectivity index (χ1n) is 6.13. The molecule has 0 unspecified atom stereocenters. The molecule has 0 aliphatic heterocycles. The van der Waals surface area contributed by atoms with Crippen LogP contribution in [-0.2, 0) is 11.2 Å². The van der Waals surface area contributed by atoms with E-state index in [0.717, 1.165) is 12.0 Å². The maximum atomic E-state index is 11.5. The maximum absolute atomic E-state index is 11.5. The number of rotatable bonds is 7. The van der Waals surface area contributed by atoms with Gasteiger partial charge in [0.1, 0.15) is 17.4 Å². The molecule has 0 fully saturated rings. The Kier molecular flexibility index (Phi) is 7.01. The van der Waals surface area contributed by atoms with Crippen LogP contribution < -0.4 is 10.6 Å². The van der Waals surface area contributed by atoms with Crippen molar-refractivity contribution in [3.05, 3.63) is 41.6 Å². The monoisotopic (exact) mass is 293 g/mol. The van der Waals surface area contributed by atoms with Crippen LogP contribution in [-0.4, -0.2) is 30.0 Å². The van der Waals surface area contributed by atoms with Gasteiger partial charge in [0.2, 0.25) is 0 Å². The summed E-state index contributed by atoms with van der Waals surface area (Å²) < 4.78 is 0. The van der Waals surface area contributed by atoms with Crippen molar-refractivity contribution in [3.8, 4) is 11.8 Å². The number of phenols is 1. The van der Waals surface area contributed by atoms with Gasteiger partial charge in [-0.25, -0.2) is 0 Å². The van der Waals surface area contributed by atoms with Crippen molar-refractivity contribution >= 4 is 17.5 Å². The van der Waals surface area contributed by atoms with Crippen LogP contribution in [0.5, 0.6) is 5.75 Å². The molecule has 0 saturated heterocycles. The molecule has 0 aliphatic rings. The minimum atomic E-state index is -0.440. The second-order valence-electron chi connectivity index (χ2n) is 3.99. The molecule has 1 amide bonds. The molecule has 0 aliphatic carbocycles. The zero-order valence-electron chi connectivity index (χ0n) is 10.9. The molecule has 6 heteroatoms. The summed E-state index contributed by atoms with van der Waals surface area (Å²) in [5, 5.41) is 23.4. The molecule has 0 atom stereocenters. The molecule has 0 bridgehead atoms. The summed E-state index contributed by atoms with van der Waals surface area (Å²) in [6, 6.07) is 8.70. The maximum Gasteiger partial charge on any atom is 0.263 e. The number of carbonyl (C=O) groups is 1. The fourth-order valence-corrected chi connectivity index (χ4v) is 1.55. The third-order valence-electron chi connectivity index (χ3n) is 2.49. The van der Waals surface area contributed by atoms with Gasteiger partial charge in [0, 0.05) is 25.2 Å². The Morgan fingerprint density at radius 3 is 2.65 bits per heavy atom. The number of hydrogen-bond acceptors (Lipinski definition) is 4. The van der Waals surface area contributed by atoms with E-state index in [0.29, 0.717) is 19.0 Å². The van der Waals surface area contributed by atoms with Crippen LogP contribution in [0.1, 0.15) is 5.56 Å².